The minimum atomic E-state index is 0. The SMILES string of the molecule is C#CCN[C@H](C)CC.Cl. The van der Waals surface area contributed by atoms with Gasteiger partial charge in [0.25, 0.3) is 0 Å². The van der Waals surface area contributed by atoms with Crippen molar-refractivity contribution in [3.05, 3.63) is 0 Å². The molecule has 0 heterocycles. The van der Waals surface area contributed by atoms with Crippen LogP contribution in [0.4, 0.5) is 0 Å². The molecule has 1 nitrogen and oxygen atoms in total. The molecular formula is C7H14ClN. The largest absolute Gasteiger partial charge is 0.304 e. The minimum absolute atomic E-state index is 0. The van der Waals surface area contributed by atoms with E-state index in [0.717, 1.165) is 6.42 Å². The molecule has 0 spiro atoms. The lowest BCUT2D eigenvalue weighted by Gasteiger charge is -2.06. The number of hydrogen-bond donors (Lipinski definition) is 1. The summed E-state index contributed by atoms with van der Waals surface area (Å²) in [6, 6.07) is 0.561. The van der Waals surface area contributed by atoms with Crippen LogP contribution in [0.25, 0.3) is 0 Å². The molecule has 0 amide bonds. The molecule has 0 bridgehead atoms. The van der Waals surface area contributed by atoms with Crippen LogP contribution in [-0.2, 0) is 0 Å². The summed E-state index contributed by atoms with van der Waals surface area (Å²) >= 11 is 0. The fourth-order valence-corrected chi connectivity index (χ4v) is 0.377. The van der Waals surface area contributed by atoms with Gasteiger partial charge in [-0.15, -0.1) is 18.8 Å². The molecule has 0 rings (SSSR count). The van der Waals surface area contributed by atoms with Gasteiger partial charge in [-0.25, -0.2) is 0 Å². The van der Waals surface area contributed by atoms with E-state index in [1.54, 1.807) is 0 Å². The Morgan fingerprint density at radius 3 is 2.56 bits per heavy atom. The zero-order valence-corrected chi connectivity index (χ0v) is 6.79. The third kappa shape index (κ3) is 7.81. The Bertz CT molecular complexity index is 85.4. The van der Waals surface area contributed by atoms with Crippen LogP contribution < -0.4 is 5.32 Å². The highest BCUT2D eigenvalue weighted by atomic mass is 35.5. The Labute approximate surface area is 63.6 Å². The molecule has 54 valence electrons. The van der Waals surface area contributed by atoms with Gasteiger partial charge in [0.1, 0.15) is 0 Å². The molecule has 0 aliphatic carbocycles. The van der Waals surface area contributed by atoms with Crippen molar-refractivity contribution < 1.29 is 0 Å². The van der Waals surface area contributed by atoms with Gasteiger partial charge in [0, 0.05) is 6.04 Å². The summed E-state index contributed by atoms with van der Waals surface area (Å²) in [7, 11) is 0. The van der Waals surface area contributed by atoms with Crippen molar-refractivity contribution in [3.8, 4) is 12.3 Å². The standard InChI is InChI=1S/C7H13N.ClH/c1-4-6-8-7(3)5-2;/h1,7-8H,5-6H2,2-3H3;1H/t7-;/m1./s1. The third-order valence-electron chi connectivity index (χ3n) is 1.16. The topological polar surface area (TPSA) is 12.0 Å². The van der Waals surface area contributed by atoms with Crippen LogP contribution in [-0.4, -0.2) is 12.6 Å². The van der Waals surface area contributed by atoms with E-state index in [1.165, 1.54) is 0 Å². The van der Waals surface area contributed by atoms with Crippen molar-refractivity contribution >= 4 is 12.4 Å². The molecule has 0 aliphatic heterocycles. The average Bonchev–Trinajstić information content (AvgIpc) is 1.83. The predicted octanol–water partition coefficient (Wildman–Crippen LogP) is 1.43. The first-order valence-corrected chi connectivity index (χ1v) is 2.98. The van der Waals surface area contributed by atoms with Gasteiger partial charge in [-0.05, 0) is 13.3 Å². The Balaban J connectivity index is 0. The van der Waals surface area contributed by atoms with Gasteiger partial charge < -0.3 is 5.32 Å². The van der Waals surface area contributed by atoms with Gasteiger partial charge in [0.05, 0.1) is 6.54 Å². The molecule has 1 N–H and O–H groups in total. The van der Waals surface area contributed by atoms with Crippen LogP contribution in [0.2, 0.25) is 0 Å². The Morgan fingerprint density at radius 2 is 2.22 bits per heavy atom. The van der Waals surface area contributed by atoms with E-state index in [9.17, 15) is 0 Å². The average molecular weight is 148 g/mol. The van der Waals surface area contributed by atoms with Gasteiger partial charge >= 0.3 is 0 Å². The van der Waals surface area contributed by atoms with Crippen molar-refractivity contribution in [1.82, 2.24) is 5.32 Å². The lowest BCUT2D eigenvalue weighted by molar-refractivity contribution is 0.572. The zero-order chi connectivity index (χ0) is 6.41. The van der Waals surface area contributed by atoms with Gasteiger partial charge in [-0.3, -0.25) is 0 Å². The maximum absolute atomic E-state index is 5.02. The molecule has 0 saturated heterocycles. The van der Waals surface area contributed by atoms with E-state index in [-0.39, 0.29) is 12.4 Å². The minimum Gasteiger partial charge on any atom is -0.304 e. The molecule has 0 fully saturated rings. The Hall–Kier alpha value is -0.190. The lowest BCUT2D eigenvalue weighted by atomic mass is 10.3. The van der Waals surface area contributed by atoms with Crippen molar-refractivity contribution in [2.45, 2.75) is 26.3 Å². The molecule has 0 unspecified atom stereocenters. The molecule has 0 aromatic carbocycles. The monoisotopic (exact) mass is 147 g/mol. The van der Waals surface area contributed by atoms with Crippen molar-refractivity contribution in [2.75, 3.05) is 6.54 Å². The lowest BCUT2D eigenvalue weighted by Crippen LogP contribution is -2.24. The number of rotatable bonds is 3. The molecule has 0 aromatic heterocycles. The fourth-order valence-electron chi connectivity index (χ4n) is 0.377. The third-order valence-corrected chi connectivity index (χ3v) is 1.16. The van der Waals surface area contributed by atoms with Crippen LogP contribution in [0.5, 0.6) is 0 Å². The van der Waals surface area contributed by atoms with Crippen LogP contribution in [0.1, 0.15) is 20.3 Å². The maximum Gasteiger partial charge on any atom is 0.0575 e. The van der Waals surface area contributed by atoms with E-state index in [1.807, 2.05) is 0 Å². The van der Waals surface area contributed by atoms with Crippen LogP contribution in [0, 0.1) is 12.3 Å². The molecule has 0 aliphatic rings. The summed E-state index contributed by atoms with van der Waals surface area (Å²) in [5, 5.41) is 3.15. The van der Waals surface area contributed by atoms with Gasteiger partial charge in [-0.1, -0.05) is 12.8 Å². The van der Waals surface area contributed by atoms with Gasteiger partial charge in [-0.2, -0.15) is 0 Å². The number of halogens is 1. The Kier molecular flexibility index (Phi) is 10.1. The second kappa shape index (κ2) is 7.81. The maximum atomic E-state index is 5.02. The molecule has 2 heteroatoms. The number of hydrogen-bond acceptors (Lipinski definition) is 1. The van der Waals surface area contributed by atoms with Crippen LogP contribution >= 0.6 is 12.4 Å². The summed E-state index contributed by atoms with van der Waals surface area (Å²) in [6.45, 7) is 4.94. The molecule has 0 saturated carbocycles. The second-order valence-electron chi connectivity index (χ2n) is 1.89. The summed E-state index contributed by atoms with van der Waals surface area (Å²) in [5.41, 5.74) is 0. The van der Waals surface area contributed by atoms with Crippen molar-refractivity contribution in [1.29, 1.82) is 0 Å². The first-order valence-electron chi connectivity index (χ1n) is 2.98. The van der Waals surface area contributed by atoms with Crippen LogP contribution in [0.15, 0.2) is 0 Å². The highest BCUT2D eigenvalue weighted by Gasteiger charge is 1.91. The van der Waals surface area contributed by atoms with E-state index < -0.39 is 0 Å². The molecule has 9 heavy (non-hydrogen) atoms. The highest BCUT2D eigenvalue weighted by Crippen LogP contribution is 1.84. The van der Waals surface area contributed by atoms with E-state index >= 15 is 0 Å². The van der Waals surface area contributed by atoms with Gasteiger partial charge in [0.2, 0.25) is 0 Å². The first-order chi connectivity index (χ1) is 3.81. The van der Waals surface area contributed by atoms with E-state index in [2.05, 4.69) is 25.1 Å². The Morgan fingerprint density at radius 1 is 1.67 bits per heavy atom. The van der Waals surface area contributed by atoms with Crippen LogP contribution in [0.3, 0.4) is 0 Å². The molecule has 1 atom stereocenters. The van der Waals surface area contributed by atoms with E-state index in [0.29, 0.717) is 12.6 Å². The summed E-state index contributed by atoms with van der Waals surface area (Å²) in [4.78, 5) is 0. The number of terminal acetylenes is 1. The predicted molar refractivity (Wildman–Crippen MR) is 43.8 cm³/mol. The summed E-state index contributed by atoms with van der Waals surface area (Å²) in [5.74, 6) is 2.52. The molecular weight excluding hydrogens is 134 g/mol. The first kappa shape index (κ1) is 11.6. The number of nitrogens with one attached hydrogen (secondary N) is 1. The normalized spacial score (nSPS) is 11.2. The summed E-state index contributed by atoms with van der Waals surface area (Å²) in [6.07, 6.45) is 6.16. The smallest absolute Gasteiger partial charge is 0.0575 e. The van der Waals surface area contributed by atoms with Crippen molar-refractivity contribution in [2.24, 2.45) is 0 Å². The molecule has 0 aromatic rings. The summed E-state index contributed by atoms with van der Waals surface area (Å²) < 4.78 is 0. The zero-order valence-electron chi connectivity index (χ0n) is 5.98. The fraction of sp³-hybridized carbons (Fsp3) is 0.714. The van der Waals surface area contributed by atoms with Crippen molar-refractivity contribution in [3.63, 3.8) is 0 Å². The highest BCUT2D eigenvalue weighted by molar-refractivity contribution is 5.85. The second-order valence-corrected chi connectivity index (χ2v) is 1.89. The molecule has 0 radical (unpaired) electrons. The van der Waals surface area contributed by atoms with E-state index in [4.69, 9.17) is 6.42 Å². The van der Waals surface area contributed by atoms with Gasteiger partial charge in [0.15, 0.2) is 0 Å². The quantitative estimate of drug-likeness (QED) is 0.596.